The van der Waals surface area contributed by atoms with E-state index in [1.807, 2.05) is 30.3 Å². The molecular formula is C16H16F3N3O2. The van der Waals surface area contributed by atoms with Crippen LogP contribution in [0, 0.1) is 0 Å². The maximum Gasteiger partial charge on any atom is 0.437 e. The number of carbonyl (C=O) groups is 1. The van der Waals surface area contributed by atoms with Crippen LogP contribution in [0.3, 0.4) is 0 Å². The van der Waals surface area contributed by atoms with Crippen molar-refractivity contribution in [1.29, 1.82) is 0 Å². The number of hydrogen-bond acceptors (Lipinski definition) is 4. The zero-order chi connectivity index (χ0) is 17.3. The smallest absolute Gasteiger partial charge is 0.417 e. The number of piperidine rings is 1. The molecule has 1 saturated heterocycles. The van der Waals surface area contributed by atoms with Crippen LogP contribution in [0.15, 0.2) is 34.7 Å². The summed E-state index contributed by atoms with van der Waals surface area (Å²) in [6.07, 6.45) is -3.26. The lowest BCUT2D eigenvalue weighted by Crippen LogP contribution is -2.33. The molecule has 8 heteroatoms. The fourth-order valence-corrected chi connectivity index (χ4v) is 2.93. The average Bonchev–Trinajstić information content (AvgIpc) is 3.02. The van der Waals surface area contributed by atoms with E-state index in [9.17, 15) is 18.0 Å². The molecule has 0 spiro atoms. The lowest BCUT2D eigenvalue weighted by molar-refractivity contribution is -0.141. The van der Waals surface area contributed by atoms with Crippen LogP contribution in [0.25, 0.3) is 0 Å². The second-order valence-electron chi connectivity index (χ2n) is 5.71. The Morgan fingerprint density at radius 2 is 1.83 bits per heavy atom. The summed E-state index contributed by atoms with van der Waals surface area (Å²) in [6, 6.07) is 9.74. The highest BCUT2D eigenvalue weighted by Crippen LogP contribution is 2.35. The molecule has 2 aromatic rings. The number of primary amides is 1. The summed E-state index contributed by atoms with van der Waals surface area (Å²) in [5, 5.41) is 0. The second kappa shape index (κ2) is 6.18. The Morgan fingerprint density at radius 3 is 2.33 bits per heavy atom. The molecular weight excluding hydrogens is 323 g/mol. The van der Waals surface area contributed by atoms with Crippen LogP contribution >= 0.6 is 0 Å². The first-order valence-corrected chi connectivity index (χ1v) is 7.54. The summed E-state index contributed by atoms with van der Waals surface area (Å²) in [5.74, 6) is -1.88. The number of halogens is 3. The number of anilines is 1. The second-order valence-corrected chi connectivity index (χ2v) is 5.71. The lowest BCUT2D eigenvalue weighted by atomic mass is 9.90. The van der Waals surface area contributed by atoms with Gasteiger partial charge in [-0.05, 0) is 24.3 Å². The van der Waals surface area contributed by atoms with Gasteiger partial charge in [-0.15, -0.1) is 0 Å². The molecule has 0 saturated carbocycles. The number of hydrogen-bond donors (Lipinski definition) is 1. The van der Waals surface area contributed by atoms with E-state index in [0.29, 0.717) is 19.0 Å². The monoisotopic (exact) mass is 339 g/mol. The van der Waals surface area contributed by atoms with Crippen molar-refractivity contribution < 1.29 is 22.4 Å². The van der Waals surface area contributed by atoms with E-state index in [1.54, 1.807) is 4.90 Å². The largest absolute Gasteiger partial charge is 0.437 e. The highest BCUT2D eigenvalue weighted by molar-refractivity contribution is 5.91. The van der Waals surface area contributed by atoms with Crippen LogP contribution in [0.2, 0.25) is 0 Å². The molecule has 24 heavy (non-hydrogen) atoms. The van der Waals surface area contributed by atoms with Crippen molar-refractivity contribution in [2.75, 3.05) is 18.0 Å². The summed E-state index contributed by atoms with van der Waals surface area (Å²) in [5.41, 5.74) is 4.80. The molecule has 3 rings (SSSR count). The number of oxazole rings is 1. The minimum Gasteiger partial charge on any atom is -0.417 e. The number of rotatable bonds is 3. The van der Waals surface area contributed by atoms with E-state index in [4.69, 9.17) is 10.2 Å². The van der Waals surface area contributed by atoms with Gasteiger partial charge in [0, 0.05) is 13.1 Å². The van der Waals surface area contributed by atoms with Crippen LogP contribution < -0.4 is 10.6 Å². The topological polar surface area (TPSA) is 72.4 Å². The van der Waals surface area contributed by atoms with E-state index in [0.717, 1.165) is 12.8 Å². The maximum absolute atomic E-state index is 12.9. The van der Waals surface area contributed by atoms with Gasteiger partial charge in [0.05, 0.1) is 0 Å². The van der Waals surface area contributed by atoms with Gasteiger partial charge in [-0.2, -0.15) is 18.2 Å². The zero-order valence-electron chi connectivity index (χ0n) is 12.7. The first kappa shape index (κ1) is 16.4. The van der Waals surface area contributed by atoms with Crippen LogP contribution in [0.1, 0.15) is 40.6 Å². The van der Waals surface area contributed by atoms with Gasteiger partial charge in [-0.25, -0.2) is 0 Å². The normalized spacial score (nSPS) is 16.4. The summed E-state index contributed by atoms with van der Waals surface area (Å²) < 4.78 is 43.8. The van der Waals surface area contributed by atoms with Crippen molar-refractivity contribution in [3.63, 3.8) is 0 Å². The fourth-order valence-electron chi connectivity index (χ4n) is 2.93. The van der Waals surface area contributed by atoms with Crippen LogP contribution in [0.4, 0.5) is 19.2 Å². The first-order chi connectivity index (χ1) is 11.4. The Labute approximate surface area is 136 Å². The standard InChI is InChI=1S/C16H16F3N3O2/c17-16(18,19)13-12(14(20)23)24-15(21-13)22-8-6-11(7-9-22)10-4-2-1-3-5-10/h1-5,11H,6-9H2,(H2,20,23). The van der Waals surface area contributed by atoms with Gasteiger partial charge in [0.15, 0.2) is 5.69 Å². The van der Waals surface area contributed by atoms with Crippen LogP contribution in [-0.4, -0.2) is 24.0 Å². The molecule has 5 nitrogen and oxygen atoms in total. The average molecular weight is 339 g/mol. The highest BCUT2D eigenvalue weighted by atomic mass is 19.4. The molecule has 1 aliphatic rings. The first-order valence-electron chi connectivity index (χ1n) is 7.54. The van der Waals surface area contributed by atoms with Crippen molar-refractivity contribution in [3.8, 4) is 0 Å². The van der Waals surface area contributed by atoms with Gasteiger partial charge in [0.2, 0.25) is 5.76 Å². The molecule has 1 aromatic carbocycles. The van der Waals surface area contributed by atoms with E-state index in [-0.39, 0.29) is 6.01 Å². The predicted octanol–water partition coefficient (Wildman–Crippen LogP) is 3.18. The minimum absolute atomic E-state index is 0.206. The third kappa shape index (κ3) is 3.22. The van der Waals surface area contributed by atoms with Crippen molar-refractivity contribution in [2.24, 2.45) is 5.73 Å². The van der Waals surface area contributed by atoms with Gasteiger partial charge in [-0.1, -0.05) is 30.3 Å². The van der Waals surface area contributed by atoms with Gasteiger partial charge in [-0.3, -0.25) is 4.79 Å². The maximum atomic E-state index is 12.9. The number of nitrogens with two attached hydrogens (primary N) is 1. The van der Waals surface area contributed by atoms with Gasteiger partial charge in [0.25, 0.3) is 11.9 Å². The summed E-state index contributed by atoms with van der Waals surface area (Å²) in [6.45, 7) is 0.991. The highest BCUT2D eigenvalue weighted by Gasteiger charge is 2.41. The number of nitrogens with zero attached hydrogens (tertiary/aromatic N) is 2. The molecule has 1 aromatic heterocycles. The van der Waals surface area contributed by atoms with Gasteiger partial charge < -0.3 is 15.1 Å². The molecule has 2 N–H and O–H groups in total. The Hall–Kier alpha value is -2.51. The Bertz CT molecular complexity index is 720. The van der Waals surface area contributed by atoms with Gasteiger partial charge in [0.1, 0.15) is 0 Å². The molecule has 0 unspecified atom stereocenters. The number of benzene rings is 1. The Balaban J connectivity index is 1.76. The van der Waals surface area contributed by atoms with Crippen LogP contribution in [-0.2, 0) is 6.18 Å². The van der Waals surface area contributed by atoms with Gasteiger partial charge >= 0.3 is 6.18 Å². The fraction of sp³-hybridized carbons (Fsp3) is 0.375. The molecule has 1 aliphatic heterocycles. The number of carbonyl (C=O) groups excluding carboxylic acids is 1. The molecule has 128 valence electrons. The molecule has 1 amide bonds. The lowest BCUT2D eigenvalue weighted by Gasteiger charge is -2.31. The number of alkyl halides is 3. The molecule has 0 bridgehead atoms. The van der Waals surface area contributed by atoms with Crippen molar-refractivity contribution >= 4 is 11.9 Å². The van der Waals surface area contributed by atoms with E-state index in [2.05, 4.69) is 4.98 Å². The zero-order valence-corrected chi connectivity index (χ0v) is 12.7. The Morgan fingerprint density at radius 1 is 1.21 bits per heavy atom. The van der Waals surface area contributed by atoms with Crippen LogP contribution in [0.5, 0.6) is 0 Å². The Kier molecular flexibility index (Phi) is 4.21. The molecule has 2 heterocycles. The van der Waals surface area contributed by atoms with E-state index < -0.39 is 23.5 Å². The predicted molar refractivity (Wildman–Crippen MR) is 80.7 cm³/mol. The quantitative estimate of drug-likeness (QED) is 0.932. The SMILES string of the molecule is NC(=O)c1oc(N2CCC(c3ccccc3)CC2)nc1C(F)(F)F. The molecule has 1 fully saturated rings. The number of aromatic nitrogens is 1. The van der Waals surface area contributed by atoms with E-state index >= 15 is 0 Å². The molecule has 0 aliphatic carbocycles. The minimum atomic E-state index is -4.78. The third-order valence-electron chi connectivity index (χ3n) is 4.14. The van der Waals surface area contributed by atoms with Crippen molar-refractivity contribution in [2.45, 2.75) is 24.9 Å². The van der Waals surface area contributed by atoms with Crippen molar-refractivity contribution in [1.82, 2.24) is 4.98 Å². The summed E-state index contributed by atoms with van der Waals surface area (Å²) in [7, 11) is 0. The van der Waals surface area contributed by atoms with Crippen molar-refractivity contribution in [3.05, 3.63) is 47.3 Å². The third-order valence-corrected chi connectivity index (χ3v) is 4.14. The molecule has 0 radical (unpaired) electrons. The molecule has 0 atom stereocenters. The number of amides is 1. The van der Waals surface area contributed by atoms with E-state index in [1.165, 1.54) is 5.56 Å². The summed E-state index contributed by atoms with van der Waals surface area (Å²) >= 11 is 0. The summed E-state index contributed by atoms with van der Waals surface area (Å²) in [4.78, 5) is 16.2.